The van der Waals surface area contributed by atoms with Crippen molar-refractivity contribution in [3.05, 3.63) is 34.1 Å². The predicted molar refractivity (Wildman–Crippen MR) is 125 cm³/mol. The average molecular weight is 457 g/mol. The third kappa shape index (κ3) is 4.68. The number of carbonyl (C=O) groups is 2. The molecule has 9 heteroatoms. The second-order valence-corrected chi connectivity index (χ2v) is 9.16. The Morgan fingerprint density at radius 2 is 1.76 bits per heavy atom. The van der Waals surface area contributed by atoms with Gasteiger partial charge in [0.15, 0.2) is 11.5 Å². The van der Waals surface area contributed by atoms with Crippen molar-refractivity contribution in [2.24, 2.45) is 5.92 Å². The standard InChI is InChI=1S/C24H32N4O5/c1-5-27-13-17(22(29)16-11-20-21(12-19(16)27)33-14-32-20)23(30)25-18(10-15(2)3)24(31)28-8-6-26(4)7-9-28/h11-13,15,18H,5-10,14H2,1-4H3,(H,25,30)/t18-/m1/s1. The molecule has 1 saturated heterocycles. The third-order valence-electron chi connectivity index (χ3n) is 6.29. The molecule has 2 aliphatic rings. The zero-order chi connectivity index (χ0) is 23.7. The number of nitrogens with zero attached hydrogens (tertiary/aromatic N) is 3. The van der Waals surface area contributed by atoms with Gasteiger partial charge in [-0.3, -0.25) is 14.4 Å². The number of aryl methyl sites for hydroxylation is 1. The van der Waals surface area contributed by atoms with Crippen molar-refractivity contribution in [3.8, 4) is 11.5 Å². The highest BCUT2D eigenvalue weighted by molar-refractivity contribution is 6.00. The number of ether oxygens (including phenoxy) is 2. The van der Waals surface area contributed by atoms with E-state index in [0.29, 0.717) is 48.5 Å². The van der Waals surface area contributed by atoms with Crippen LogP contribution in [0.3, 0.4) is 0 Å². The number of hydrogen-bond acceptors (Lipinski definition) is 6. The van der Waals surface area contributed by atoms with Gasteiger partial charge in [-0.05, 0) is 32.4 Å². The van der Waals surface area contributed by atoms with Crippen LogP contribution in [-0.2, 0) is 11.3 Å². The normalized spacial score (nSPS) is 16.9. The Balaban J connectivity index is 1.64. The molecular weight excluding hydrogens is 424 g/mol. The number of aromatic nitrogens is 1. The highest BCUT2D eigenvalue weighted by Gasteiger charge is 2.30. The molecule has 2 aromatic rings. The van der Waals surface area contributed by atoms with Crippen LogP contribution in [-0.4, -0.2) is 72.2 Å². The summed E-state index contributed by atoms with van der Waals surface area (Å²) in [5.74, 6) is 0.647. The van der Waals surface area contributed by atoms with E-state index in [1.54, 1.807) is 23.2 Å². The first-order chi connectivity index (χ1) is 15.8. The van der Waals surface area contributed by atoms with Gasteiger partial charge in [0.1, 0.15) is 11.6 Å². The van der Waals surface area contributed by atoms with Crippen LogP contribution in [0.25, 0.3) is 10.9 Å². The van der Waals surface area contributed by atoms with Gasteiger partial charge in [-0.1, -0.05) is 13.8 Å². The molecule has 0 radical (unpaired) electrons. The Morgan fingerprint density at radius 3 is 2.39 bits per heavy atom. The largest absolute Gasteiger partial charge is 0.454 e. The Morgan fingerprint density at radius 1 is 1.09 bits per heavy atom. The SMILES string of the molecule is CCn1cc(C(=O)N[C@H](CC(C)C)C(=O)N2CCN(C)CC2)c(=O)c2cc3c(cc21)OCO3. The zero-order valence-corrected chi connectivity index (χ0v) is 19.7. The number of piperazine rings is 1. The van der Waals surface area contributed by atoms with Crippen molar-refractivity contribution in [2.45, 2.75) is 39.8 Å². The van der Waals surface area contributed by atoms with E-state index < -0.39 is 11.9 Å². The minimum atomic E-state index is -0.678. The molecule has 1 aromatic carbocycles. The maximum Gasteiger partial charge on any atom is 0.257 e. The average Bonchev–Trinajstić information content (AvgIpc) is 3.25. The molecule has 0 aliphatic carbocycles. The first-order valence-electron chi connectivity index (χ1n) is 11.5. The smallest absolute Gasteiger partial charge is 0.257 e. The van der Waals surface area contributed by atoms with Gasteiger partial charge < -0.3 is 29.2 Å². The lowest BCUT2D eigenvalue weighted by Crippen LogP contribution is -2.54. The topological polar surface area (TPSA) is 93.1 Å². The third-order valence-corrected chi connectivity index (χ3v) is 6.29. The fraction of sp³-hybridized carbons (Fsp3) is 0.542. The van der Waals surface area contributed by atoms with Crippen molar-refractivity contribution < 1.29 is 19.1 Å². The summed E-state index contributed by atoms with van der Waals surface area (Å²) >= 11 is 0. The Hall–Kier alpha value is -3.07. The summed E-state index contributed by atoms with van der Waals surface area (Å²) < 4.78 is 12.7. The molecule has 4 rings (SSSR count). The maximum atomic E-state index is 13.3. The summed E-state index contributed by atoms with van der Waals surface area (Å²) in [4.78, 5) is 43.8. The molecule has 1 N–H and O–H groups in total. The number of amides is 2. The Bertz CT molecular complexity index is 1120. The van der Waals surface area contributed by atoms with Crippen LogP contribution < -0.4 is 20.2 Å². The van der Waals surface area contributed by atoms with Crippen molar-refractivity contribution in [3.63, 3.8) is 0 Å². The van der Waals surface area contributed by atoms with Gasteiger partial charge in [-0.15, -0.1) is 0 Å². The van der Waals surface area contributed by atoms with Crippen LogP contribution in [0.4, 0.5) is 0 Å². The van der Waals surface area contributed by atoms with Gasteiger partial charge in [0.25, 0.3) is 5.91 Å². The fourth-order valence-corrected chi connectivity index (χ4v) is 4.38. The number of benzene rings is 1. The van der Waals surface area contributed by atoms with Crippen molar-refractivity contribution in [1.29, 1.82) is 0 Å². The van der Waals surface area contributed by atoms with Crippen LogP contribution in [0.15, 0.2) is 23.1 Å². The summed E-state index contributed by atoms with van der Waals surface area (Å²) in [6.07, 6.45) is 2.07. The van der Waals surface area contributed by atoms with Gasteiger partial charge >= 0.3 is 0 Å². The first-order valence-corrected chi connectivity index (χ1v) is 11.5. The van der Waals surface area contributed by atoms with E-state index in [4.69, 9.17) is 9.47 Å². The number of pyridine rings is 1. The zero-order valence-electron chi connectivity index (χ0n) is 19.7. The molecule has 0 bridgehead atoms. The molecule has 178 valence electrons. The van der Waals surface area contributed by atoms with Gasteiger partial charge in [-0.25, -0.2) is 0 Å². The van der Waals surface area contributed by atoms with Gasteiger partial charge in [0.05, 0.1) is 10.9 Å². The summed E-state index contributed by atoms with van der Waals surface area (Å²) in [6.45, 7) is 9.49. The van der Waals surface area contributed by atoms with E-state index in [0.717, 1.165) is 13.1 Å². The van der Waals surface area contributed by atoms with E-state index in [9.17, 15) is 14.4 Å². The lowest BCUT2D eigenvalue weighted by molar-refractivity contribution is -0.135. The second kappa shape index (κ2) is 9.43. The molecule has 0 unspecified atom stereocenters. The van der Waals surface area contributed by atoms with Crippen LogP contribution in [0.2, 0.25) is 0 Å². The van der Waals surface area contributed by atoms with Crippen LogP contribution in [0.1, 0.15) is 37.6 Å². The molecule has 2 amide bonds. The maximum absolute atomic E-state index is 13.3. The van der Waals surface area contributed by atoms with Gasteiger partial charge in [-0.2, -0.15) is 0 Å². The van der Waals surface area contributed by atoms with Gasteiger partial charge in [0, 0.05) is 45.0 Å². The first kappa shape index (κ1) is 23.1. The number of likely N-dealkylation sites (N-methyl/N-ethyl adjacent to an activating group) is 1. The lowest BCUT2D eigenvalue weighted by atomic mass is 10.0. The minimum absolute atomic E-state index is 0.0168. The summed E-state index contributed by atoms with van der Waals surface area (Å²) in [7, 11) is 2.03. The summed E-state index contributed by atoms with van der Waals surface area (Å²) in [5, 5.41) is 3.26. The second-order valence-electron chi connectivity index (χ2n) is 9.16. The van der Waals surface area contributed by atoms with E-state index in [-0.39, 0.29) is 29.6 Å². The van der Waals surface area contributed by atoms with E-state index in [2.05, 4.69) is 10.2 Å². The molecular formula is C24H32N4O5. The molecule has 9 nitrogen and oxygen atoms in total. The minimum Gasteiger partial charge on any atom is -0.454 e. The van der Waals surface area contributed by atoms with E-state index in [1.807, 2.05) is 32.4 Å². The summed E-state index contributed by atoms with van der Waals surface area (Å²) in [6, 6.07) is 2.72. The quantitative estimate of drug-likeness (QED) is 0.711. The van der Waals surface area contributed by atoms with E-state index in [1.165, 1.54) is 0 Å². The number of nitrogens with one attached hydrogen (secondary N) is 1. The molecule has 1 fully saturated rings. The lowest BCUT2D eigenvalue weighted by Gasteiger charge is -2.35. The number of hydrogen-bond donors (Lipinski definition) is 1. The van der Waals surface area contributed by atoms with Crippen LogP contribution in [0.5, 0.6) is 11.5 Å². The molecule has 0 spiro atoms. The Labute approximate surface area is 193 Å². The van der Waals surface area contributed by atoms with Crippen LogP contribution >= 0.6 is 0 Å². The predicted octanol–water partition coefficient (Wildman–Crippen LogP) is 1.67. The van der Waals surface area contributed by atoms with Crippen molar-refractivity contribution in [2.75, 3.05) is 40.0 Å². The summed E-state index contributed by atoms with van der Waals surface area (Å²) in [5.41, 5.74) is 0.305. The Kier molecular flexibility index (Phi) is 6.60. The highest BCUT2D eigenvalue weighted by atomic mass is 16.7. The molecule has 1 atom stereocenters. The molecule has 2 aliphatic heterocycles. The van der Waals surface area contributed by atoms with Crippen molar-refractivity contribution in [1.82, 2.24) is 19.7 Å². The molecule has 33 heavy (non-hydrogen) atoms. The van der Waals surface area contributed by atoms with E-state index >= 15 is 0 Å². The molecule has 0 saturated carbocycles. The highest BCUT2D eigenvalue weighted by Crippen LogP contribution is 2.35. The number of rotatable bonds is 6. The monoisotopic (exact) mass is 456 g/mol. The van der Waals surface area contributed by atoms with Crippen LogP contribution in [0, 0.1) is 5.92 Å². The van der Waals surface area contributed by atoms with Crippen molar-refractivity contribution >= 4 is 22.7 Å². The van der Waals surface area contributed by atoms with Gasteiger partial charge in [0.2, 0.25) is 18.1 Å². The molecule has 1 aromatic heterocycles. The number of fused-ring (bicyclic) bond motifs is 2. The molecule has 3 heterocycles. The number of carbonyl (C=O) groups excluding carboxylic acids is 2. The fourth-order valence-electron chi connectivity index (χ4n) is 4.38.